The summed E-state index contributed by atoms with van der Waals surface area (Å²) in [6.07, 6.45) is 5.56. The number of para-hydroxylation sites is 1. The fraction of sp³-hybridized carbons (Fsp3) is 0.286. The van der Waals surface area contributed by atoms with E-state index in [9.17, 15) is 8.42 Å². The highest BCUT2D eigenvalue weighted by atomic mass is 32.2. The summed E-state index contributed by atoms with van der Waals surface area (Å²) in [6.45, 7) is 4.50. The molecule has 0 atom stereocenters. The first-order chi connectivity index (χ1) is 18.5. The predicted octanol–water partition coefficient (Wildman–Crippen LogP) is 6.25. The second-order valence-corrected chi connectivity index (χ2v) is 12.9. The third-order valence-corrected chi connectivity index (χ3v) is 10.2. The zero-order chi connectivity index (χ0) is 26.5. The SMILES string of the molecule is C.CCOCCN(c1cccc2cc(-c3ncc(CN(C)Cc4cccnc4)s3)[nH]c12)S(=O)(=O)c1cccs1. The molecule has 0 aliphatic carbocycles. The number of rotatable bonds is 12. The van der Waals surface area contributed by atoms with E-state index < -0.39 is 10.0 Å². The molecule has 4 aromatic heterocycles. The summed E-state index contributed by atoms with van der Waals surface area (Å²) in [7, 11) is -1.67. The van der Waals surface area contributed by atoms with E-state index >= 15 is 0 Å². The Morgan fingerprint density at radius 1 is 1.08 bits per heavy atom. The number of aromatic amines is 1. The fourth-order valence-corrected chi connectivity index (χ4v) is 7.80. The molecular formula is C28H33N5O3S3. The summed E-state index contributed by atoms with van der Waals surface area (Å²) >= 11 is 2.84. The van der Waals surface area contributed by atoms with Crippen LogP contribution in [0.1, 0.15) is 24.8 Å². The number of ether oxygens (including phenoxy) is 1. The van der Waals surface area contributed by atoms with Gasteiger partial charge in [-0.2, -0.15) is 0 Å². The van der Waals surface area contributed by atoms with Crippen LogP contribution >= 0.6 is 22.7 Å². The lowest BCUT2D eigenvalue weighted by Gasteiger charge is -2.24. The number of hydrogen-bond acceptors (Lipinski definition) is 8. The molecule has 0 aliphatic heterocycles. The number of sulfonamides is 1. The van der Waals surface area contributed by atoms with Crippen molar-refractivity contribution in [3.8, 4) is 10.7 Å². The van der Waals surface area contributed by atoms with Gasteiger partial charge in [-0.05, 0) is 49.2 Å². The summed E-state index contributed by atoms with van der Waals surface area (Å²) in [5, 5.41) is 3.56. The molecule has 5 aromatic rings. The zero-order valence-corrected chi connectivity index (χ0v) is 23.7. The first kappa shape index (κ1) is 28.9. The predicted molar refractivity (Wildman–Crippen MR) is 161 cm³/mol. The molecule has 0 bridgehead atoms. The molecule has 11 heteroatoms. The molecule has 0 saturated heterocycles. The third kappa shape index (κ3) is 6.56. The lowest BCUT2D eigenvalue weighted by atomic mass is 10.2. The van der Waals surface area contributed by atoms with E-state index in [-0.39, 0.29) is 14.0 Å². The summed E-state index contributed by atoms with van der Waals surface area (Å²) in [5.74, 6) is 0. The molecule has 0 spiro atoms. The van der Waals surface area contributed by atoms with Crippen molar-refractivity contribution < 1.29 is 13.2 Å². The Hall–Kier alpha value is -3.09. The molecule has 0 fully saturated rings. The van der Waals surface area contributed by atoms with Crippen molar-refractivity contribution in [3.05, 3.63) is 82.9 Å². The van der Waals surface area contributed by atoms with Crippen molar-refractivity contribution >= 4 is 49.3 Å². The maximum atomic E-state index is 13.6. The number of fused-ring (bicyclic) bond motifs is 1. The third-order valence-electron chi connectivity index (χ3n) is 5.97. The lowest BCUT2D eigenvalue weighted by molar-refractivity contribution is 0.156. The molecule has 0 saturated carbocycles. The van der Waals surface area contributed by atoms with Crippen LogP contribution < -0.4 is 4.31 Å². The van der Waals surface area contributed by atoms with Crippen molar-refractivity contribution in [2.75, 3.05) is 31.1 Å². The second-order valence-electron chi connectivity index (χ2n) is 8.80. The highest BCUT2D eigenvalue weighted by Crippen LogP contribution is 2.35. The maximum absolute atomic E-state index is 13.6. The van der Waals surface area contributed by atoms with Gasteiger partial charge in [-0.1, -0.05) is 31.7 Å². The molecule has 0 aliphatic rings. The van der Waals surface area contributed by atoms with Crippen molar-refractivity contribution in [2.24, 2.45) is 0 Å². The number of aromatic nitrogens is 3. The van der Waals surface area contributed by atoms with Gasteiger partial charge in [0.15, 0.2) is 0 Å². The lowest BCUT2D eigenvalue weighted by Crippen LogP contribution is -2.34. The number of anilines is 1. The zero-order valence-electron chi connectivity index (χ0n) is 21.2. The average Bonchev–Trinajstić information content (AvgIpc) is 3.68. The minimum absolute atomic E-state index is 0. The Morgan fingerprint density at radius 2 is 1.95 bits per heavy atom. The van der Waals surface area contributed by atoms with Crippen LogP contribution in [0.5, 0.6) is 0 Å². The molecule has 0 amide bonds. The molecule has 8 nitrogen and oxygen atoms in total. The van der Waals surface area contributed by atoms with Crippen LogP contribution in [0.25, 0.3) is 21.6 Å². The van der Waals surface area contributed by atoms with Crippen LogP contribution in [-0.4, -0.2) is 55.1 Å². The molecule has 1 aromatic carbocycles. The number of nitrogens with zero attached hydrogens (tertiary/aromatic N) is 4. The summed E-state index contributed by atoms with van der Waals surface area (Å²) < 4.78 is 34.5. The van der Waals surface area contributed by atoms with Crippen LogP contribution in [-0.2, 0) is 27.8 Å². The highest BCUT2D eigenvalue weighted by Gasteiger charge is 2.28. The van der Waals surface area contributed by atoms with Crippen LogP contribution in [0.15, 0.2) is 76.7 Å². The summed E-state index contributed by atoms with van der Waals surface area (Å²) in [4.78, 5) is 15.7. The normalized spacial score (nSPS) is 11.7. The monoisotopic (exact) mass is 583 g/mol. The van der Waals surface area contributed by atoms with Crippen molar-refractivity contribution in [2.45, 2.75) is 31.6 Å². The Morgan fingerprint density at radius 3 is 2.69 bits per heavy atom. The van der Waals surface area contributed by atoms with Gasteiger partial charge in [-0.15, -0.1) is 22.7 Å². The minimum atomic E-state index is -3.74. The summed E-state index contributed by atoms with van der Waals surface area (Å²) in [6, 6.07) is 15.1. The smallest absolute Gasteiger partial charge is 0.273 e. The molecule has 5 rings (SSSR count). The van der Waals surface area contributed by atoms with Gasteiger partial charge in [-0.3, -0.25) is 14.2 Å². The molecule has 39 heavy (non-hydrogen) atoms. The van der Waals surface area contributed by atoms with Gasteiger partial charge in [-0.25, -0.2) is 13.4 Å². The number of pyridine rings is 1. The topological polar surface area (TPSA) is 91.4 Å². The Balaban J connectivity index is 0.00000353. The van der Waals surface area contributed by atoms with Gasteiger partial charge in [0.1, 0.15) is 9.22 Å². The van der Waals surface area contributed by atoms with Gasteiger partial charge in [0.25, 0.3) is 10.0 Å². The number of nitrogens with one attached hydrogen (secondary N) is 1. The van der Waals surface area contributed by atoms with E-state index in [1.807, 2.05) is 49.6 Å². The number of thiazole rings is 1. The number of benzene rings is 1. The van der Waals surface area contributed by atoms with Gasteiger partial charge in [0.2, 0.25) is 0 Å². The first-order valence-electron chi connectivity index (χ1n) is 12.2. The number of H-pyrrole nitrogens is 1. The van der Waals surface area contributed by atoms with E-state index in [1.54, 1.807) is 35.0 Å². The summed E-state index contributed by atoms with van der Waals surface area (Å²) in [5.41, 5.74) is 3.37. The Bertz CT molecular complexity index is 1580. The molecule has 4 heterocycles. The average molecular weight is 584 g/mol. The fourth-order valence-electron chi connectivity index (χ4n) is 4.27. The van der Waals surface area contributed by atoms with Crippen LogP contribution in [0.2, 0.25) is 0 Å². The van der Waals surface area contributed by atoms with Crippen LogP contribution in [0.4, 0.5) is 5.69 Å². The highest BCUT2D eigenvalue weighted by molar-refractivity contribution is 7.94. The van der Waals surface area contributed by atoms with E-state index in [0.717, 1.165) is 45.1 Å². The molecular weight excluding hydrogens is 551 g/mol. The standard InChI is InChI=1S/C27H29N5O3S3.CH4/c1-3-35-13-12-32(38(33,34)25-10-6-14-36-25)24-9-4-8-21-15-23(30-26(21)24)27-29-17-22(37-27)19-31(2)18-20-7-5-11-28-16-20;/h4-11,14-17,30H,3,12-13,18-19H2,1-2H3;1H4. The maximum Gasteiger partial charge on any atom is 0.273 e. The van der Waals surface area contributed by atoms with Gasteiger partial charge in [0, 0.05) is 48.6 Å². The molecule has 1 N–H and O–H groups in total. The molecule has 0 unspecified atom stereocenters. The minimum Gasteiger partial charge on any atom is -0.380 e. The Labute approximate surface area is 238 Å². The van der Waals surface area contributed by atoms with Crippen LogP contribution in [0.3, 0.4) is 0 Å². The van der Waals surface area contributed by atoms with E-state index in [1.165, 1.54) is 15.6 Å². The number of thiophene rings is 1. The number of hydrogen-bond donors (Lipinski definition) is 1. The first-order valence-corrected chi connectivity index (χ1v) is 15.4. The van der Waals surface area contributed by atoms with Gasteiger partial charge in [0.05, 0.1) is 30.0 Å². The van der Waals surface area contributed by atoms with E-state index in [0.29, 0.717) is 23.1 Å². The van der Waals surface area contributed by atoms with Crippen molar-refractivity contribution in [3.63, 3.8) is 0 Å². The largest absolute Gasteiger partial charge is 0.380 e. The van der Waals surface area contributed by atoms with Gasteiger partial charge < -0.3 is 9.72 Å². The van der Waals surface area contributed by atoms with E-state index in [2.05, 4.69) is 33.0 Å². The van der Waals surface area contributed by atoms with Crippen molar-refractivity contribution in [1.82, 2.24) is 19.9 Å². The van der Waals surface area contributed by atoms with Gasteiger partial charge >= 0.3 is 0 Å². The second kappa shape index (κ2) is 12.8. The van der Waals surface area contributed by atoms with Crippen molar-refractivity contribution in [1.29, 1.82) is 0 Å². The quantitative estimate of drug-likeness (QED) is 0.175. The Kier molecular flexibility index (Phi) is 9.52. The molecule has 206 valence electrons. The molecule has 0 radical (unpaired) electrons. The van der Waals surface area contributed by atoms with E-state index in [4.69, 9.17) is 4.74 Å². The van der Waals surface area contributed by atoms with Crippen LogP contribution in [0, 0.1) is 0 Å².